The average molecular weight is 471 g/mol. The Balaban J connectivity index is 1.52. The number of rotatable bonds is 8. The van der Waals surface area contributed by atoms with Crippen molar-refractivity contribution < 1.29 is 14.0 Å². The molecule has 0 saturated carbocycles. The number of aromatic nitrogens is 2. The van der Waals surface area contributed by atoms with E-state index in [0.717, 1.165) is 11.1 Å². The van der Waals surface area contributed by atoms with E-state index >= 15 is 0 Å². The Bertz CT molecular complexity index is 1360. The molecule has 2 heterocycles. The van der Waals surface area contributed by atoms with Gasteiger partial charge in [0.05, 0.1) is 16.6 Å². The van der Waals surface area contributed by atoms with Crippen molar-refractivity contribution in [3.8, 4) is 0 Å². The van der Waals surface area contributed by atoms with E-state index in [2.05, 4.69) is 20.4 Å². The summed E-state index contributed by atoms with van der Waals surface area (Å²) in [6.07, 6.45) is 1.67. The van der Waals surface area contributed by atoms with Crippen LogP contribution in [0.25, 0.3) is 10.9 Å². The van der Waals surface area contributed by atoms with Gasteiger partial charge in [0.1, 0.15) is 11.8 Å². The molecule has 35 heavy (non-hydrogen) atoms. The molecule has 0 radical (unpaired) electrons. The van der Waals surface area contributed by atoms with Crippen molar-refractivity contribution in [1.29, 1.82) is 0 Å². The maximum absolute atomic E-state index is 12.7. The fraction of sp³-hybridized carbons (Fsp3) is 0.222. The number of amides is 1. The van der Waals surface area contributed by atoms with Crippen molar-refractivity contribution in [2.75, 3.05) is 6.61 Å². The first-order valence-electron chi connectivity index (χ1n) is 11.3. The summed E-state index contributed by atoms with van der Waals surface area (Å²) in [5.74, 6) is -0.359. The predicted molar refractivity (Wildman–Crippen MR) is 133 cm³/mol. The van der Waals surface area contributed by atoms with Gasteiger partial charge in [-0.25, -0.2) is 9.78 Å². The van der Waals surface area contributed by atoms with E-state index in [1.807, 2.05) is 81.4 Å². The Morgan fingerprint density at radius 3 is 2.54 bits per heavy atom. The van der Waals surface area contributed by atoms with Gasteiger partial charge in [-0.15, -0.1) is 0 Å². The van der Waals surface area contributed by atoms with Crippen LogP contribution in [0.3, 0.4) is 0 Å². The van der Waals surface area contributed by atoms with Crippen molar-refractivity contribution in [2.45, 2.75) is 26.8 Å². The highest BCUT2D eigenvalue weighted by Gasteiger charge is 2.24. The van der Waals surface area contributed by atoms with Crippen LogP contribution in [0.5, 0.6) is 0 Å². The van der Waals surface area contributed by atoms with Crippen LogP contribution in [-0.2, 0) is 9.63 Å². The normalized spacial score (nSPS) is 12.5. The molecule has 8 nitrogen and oxygen atoms in total. The van der Waals surface area contributed by atoms with E-state index in [1.165, 1.54) is 0 Å². The molecule has 0 bridgehead atoms. The van der Waals surface area contributed by atoms with Crippen LogP contribution < -0.4 is 10.9 Å². The molecule has 2 aromatic carbocycles. The van der Waals surface area contributed by atoms with Gasteiger partial charge < -0.3 is 14.6 Å². The number of carbonyl (C=O) groups is 1. The van der Waals surface area contributed by atoms with Crippen LogP contribution in [-0.4, -0.2) is 28.2 Å². The van der Waals surface area contributed by atoms with Crippen LogP contribution in [0.1, 0.15) is 42.6 Å². The highest BCUT2D eigenvalue weighted by Crippen LogP contribution is 2.22. The summed E-state index contributed by atoms with van der Waals surface area (Å²) in [5.41, 5.74) is 2.78. The van der Waals surface area contributed by atoms with E-state index in [0.29, 0.717) is 22.3 Å². The van der Waals surface area contributed by atoms with Gasteiger partial charge in [0.15, 0.2) is 6.61 Å². The zero-order chi connectivity index (χ0) is 24.8. The molecule has 1 amide bonds. The van der Waals surface area contributed by atoms with Crippen molar-refractivity contribution in [3.63, 3.8) is 0 Å². The smallest absolute Gasteiger partial charge is 0.347 e. The summed E-state index contributed by atoms with van der Waals surface area (Å²) in [7, 11) is 0. The molecule has 4 aromatic rings. The van der Waals surface area contributed by atoms with Crippen LogP contribution in [0.15, 0.2) is 87.3 Å². The predicted octanol–water partition coefficient (Wildman–Crippen LogP) is 4.17. The number of benzene rings is 2. The summed E-state index contributed by atoms with van der Waals surface area (Å²) in [5, 5.41) is 7.48. The molecule has 0 spiro atoms. The van der Waals surface area contributed by atoms with E-state index < -0.39 is 17.6 Å². The number of oxime groups is 1. The SMILES string of the molecule is Cc1cccc2nc([C@@H](NC(=O)CON=C(c3ccccc3)c3ccccn3)C(C)C)oc(=O)c12. The Hall–Kier alpha value is -4.33. The maximum Gasteiger partial charge on any atom is 0.347 e. The fourth-order valence-electron chi connectivity index (χ4n) is 3.66. The van der Waals surface area contributed by atoms with Gasteiger partial charge in [-0.3, -0.25) is 9.78 Å². The second kappa shape index (κ2) is 10.7. The minimum Gasteiger partial charge on any atom is -0.406 e. The van der Waals surface area contributed by atoms with Crippen LogP contribution in [0, 0.1) is 12.8 Å². The van der Waals surface area contributed by atoms with Gasteiger partial charge in [-0.05, 0) is 36.6 Å². The molecule has 4 rings (SSSR count). The topological polar surface area (TPSA) is 107 Å². The number of aryl methyl sites for hydroxylation is 1. The zero-order valence-corrected chi connectivity index (χ0v) is 19.8. The first-order valence-corrected chi connectivity index (χ1v) is 11.3. The van der Waals surface area contributed by atoms with Crippen LogP contribution >= 0.6 is 0 Å². The molecule has 178 valence electrons. The Labute approximate surface area is 202 Å². The number of nitrogens with one attached hydrogen (secondary N) is 1. The lowest BCUT2D eigenvalue weighted by molar-refractivity contribution is -0.127. The molecular formula is C27H26N4O4. The zero-order valence-electron chi connectivity index (χ0n) is 19.8. The largest absolute Gasteiger partial charge is 0.406 e. The molecule has 0 fully saturated rings. The quantitative estimate of drug-likeness (QED) is 0.306. The van der Waals surface area contributed by atoms with Crippen molar-refractivity contribution >= 4 is 22.5 Å². The van der Waals surface area contributed by atoms with E-state index in [1.54, 1.807) is 12.3 Å². The lowest BCUT2D eigenvalue weighted by Gasteiger charge is -2.20. The lowest BCUT2D eigenvalue weighted by atomic mass is 10.0. The fourth-order valence-corrected chi connectivity index (χ4v) is 3.66. The lowest BCUT2D eigenvalue weighted by Crippen LogP contribution is -2.35. The molecule has 0 saturated heterocycles. The van der Waals surface area contributed by atoms with Crippen molar-refractivity contribution in [3.05, 3.63) is 106 Å². The summed E-state index contributed by atoms with van der Waals surface area (Å²) in [4.78, 5) is 39.6. The van der Waals surface area contributed by atoms with E-state index in [-0.39, 0.29) is 18.4 Å². The molecule has 0 aliphatic rings. The number of hydrogen-bond donors (Lipinski definition) is 1. The van der Waals surface area contributed by atoms with Gasteiger partial charge >= 0.3 is 5.63 Å². The molecule has 2 aromatic heterocycles. The second-order valence-corrected chi connectivity index (χ2v) is 8.39. The Kier molecular flexibility index (Phi) is 7.30. The molecule has 8 heteroatoms. The monoisotopic (exact) mass is 470 g/mol. The van der Waals surface area contributed by atoms with E-state index in [9.17, 15) is 9.59 Å². The van der Waals surface area contributed by atoms with Gasteiger partial charge in [-0.2, -0.15) is 0 Å². The van der Waals surface area contributed by atoms with Gasteiger partial charge in [-0.1, -0.05) is 67.5 Å². The third-order valence-electron chi connectivity index (χ3n) is 5.44. The van der Waals surface area contributed by atoms with Gasteiger partial charge in [0.2, 0.25) is 5.89 Å². The van der Waals surface area contributed by atoms with E-state index in [4.69, 9.17) is 9.25 Å². The Morgan fingerprint density at radius 1 is 1.06 bits per heavy atom. The minimum atomic E-state index is -0.614. The highest BCUT2D eigenvalue weighted by atomic mass is 16.6. The van der Waals surface area contributed by atoms with Crippen LogP contribution in [0.2, 0.25) is 0 Å². The standard InChI is InChI=1S/C27H26N4O4/c1-17(2)24(26-29-20-14-9-10-18(3)23(20)27(33)35-26)30-22(32)16-34-31-25(19-11-5-4-6-12-19)21-13-7-8-15-28-21/h4-15,17,24H,16H2,1-3H3,(H,30,32)/t24-/m0/s1. The molecule has 0 unspecified atom stereocenters. The van der Waals surface area contributed by atoms with Crippen molar-refractivity contribution in [1.82, 2.24) is 15.3 Å². The number of carbonyl (C=O) groups excluding carboxylic acids is 1. The molecule has 0 aliphatic carbocycles. The highest BCUT2D eigenvalue weighted by molar-refractivity contribution is 6.11. The summed E-state index contributed by atoms with van der Waals surface area (Å²) in [6.45, 7) is 5.31. The number of nitrogens with zero attached hydrogens (tertiary/aromatic N) is 3. The minimum absolute atomic E-state index is 0.0891. The third kappa shape index (κ3) is 5.60. The average Bonchev–Trinajstić information content (AvgIpc) is 2.86. The Morgan fingerprint density at radius 2 is 1.83 bits per heavy atom. The second-order valence-electron chi connectivity index (χ2n) is 8.39. The summed E-state index contributed by atoms with van der Waals surface area (Å²) >= 11 is 0. The van der Waals surface area contributed by atoms with Crippen molar-refractivity contribution in [2.24, 2.45) is 11.1 Å². The molecule has 1 N–H and O–H groups in total. The van der Waals surface area contributed by atoms with Gasteiger partial charge in [0.25, 0.3) is 5.91 Å². The number of fused-ring (bicyclic) bond motifs is 1. The van der Waals surface area contributed by atoms with Gasteiger partial charge in [0, 0.05) is 11.8 Å². The third-order valence-corrected chi connectivity index (χ3v) is 5.44. The van der Waals surface area contributed by atoms with Crippen LogP contribution in [0.4, 0.5) is 0 Å². The first-order chi connectivity index (χ1) is 16.9. The number of hydrogen-bond acceptors (Lipinski definition) is 7. The number of pyridine rings is 1. The molecule has 0 aliphatic heterocycles. The molecule has 1 atom stereocenters. The summed E-state index contributed by atoms with van der Waals surface area (Å²) < 4.78 is 5.50. The first kappa shape index (κ1) is 23.8. The molecular weight excluding hydrogens is 444 g/mol. The maximum atomic E-state index is 12.7. The summed E-state index contributed by atoms with van der Waals surface area (Å²) in [6, 6.07) is 19.7.